The average molecular weight is 402 g/mol. The van der Waals surface area contributed by atoms with Crippen molar-refractivity contribution in [2.75, 3.05) is 37.8 Å². The number of carbonyl (C=O) groups is 2. The van der Waals surface area contributed by atoms with Crippen LogP contribution in [0.25, 0.3) is 0 Å². The van der Waals surface area contributed by atoms with Gasteiger partial charge in [0.1, 0.15) is 11.4 Å². The van der Waals surface area contributed by atoms with Crippen LogP contribution in [0.3, 0.4) is 0 Å². The number of hydrogen-bond acceptors (Lipinski definition) is 5. The Morgan fingerprint density at radius 3 is 2.41 bits per heavy atom. The summed E-state index contributed by atoms with van der Waals surface area (Å²) in [6, 6.07) is 4.30. The molecule has 29 heavy (non-hydrogen) atoms. The molecule has 3 aliphatic heterocycles. The summed E-state index contributed by atoms with van der Waals surface area (Å²) in [6.07, 6.45) is 2.89. The van der Waals surface area contributed by atoms with Gasteiger partial charge in [-0.25, -0.2) is 4.79 Å². The molecule has 0 aromatic heterocycles. The molecule has 0 N–H and O–H groups in total. The van der Waals surface area contributed by atoms with Gasteiger partial charge in [0, 0.05) is 32.3 Å². The summed E-state index contributed by atoms with van der Waals surface area (Å²) in [4.78, 5) is 28.8. The van der Waals surface area contributed by atoms with Gasteiger partial charge in [-0.2, -0.15) is 0 Å². The van der Waals surface area contributed by atoms with E-state index in [1.165, 1.54) is 11.1 Å². The monoisotopic (exact) mass is 402 g/mol. The van der Waals surface area contributed by atoms with Crippen LogP contribution in [0.2, 0.25) is 0 Å². The summed E-state index contributed by atoms with van der Waals surface area (Å²) in [6.45, 7) is 8.30. The SMILES string of the molecule is CC(C)(C)OC(=O)N1CCc2cc3c(cc2CC1)N(C1CCOCC1)C(=O)CO3. The molecule has 1 fully saturated rings. The largest absolute Gasteiger partial charge is 0.482 e. The van der Waals surface area contributed by atoms with E-state index >= 15 is 0 Å². The number of benzene rings is 1. The molecule has 0 unspecified atom stereocenters. The lowest BCUT2D eigenvalue weighted by Crippen LogP contribution is -2.48. The maximum Gasteiger partial charge on any atom is 0.410 e. The van der Waals surface area contributed by atoms with Crippen LogP contribution >= 0.6 is 0 Å². The van der Waals surface area contributed by atoms with Gasteiger partial charge in [-0.3, -0.25) is 4.79 Å². The van der Waals surface area contributed by atoms with Crippen LogP contribution in [0.5, 0.6) is 5.75 Å². The number of rotatable bonds is 1. The van der Waals surface area contributed by atoms with Crippen molar-refractivity contribution in [3.63, 3.8) is 0 Å². The highest BCUT2D eigenvalue weighted by Gasteiger charge is 2.34. The molecule has 0 radical (unpaired) electrons. The number of amides is 2. The lowest BCUT2D eigenvalue weighted by Gasteiger charge is -2.38. The van der Waals surface area contributed by atoms with Crippen LogP contribution in [-0.4, -0.2) is 61.5 Å². The third kappa shape index (κ3) is 4.34. The molecule has 0 spiro atoms. The highest BCUT2D eigenvalue weighted by molar-refractivity contribution is 5.98. The summed E-state index contributed by atoms with van der Waals surface area (Å²) in [7, 11) is 0. The molecule has 1 aromatic carbocycles. The number of hydrogen-bond donors (Lipinski definition) is 0. The molecule has 7 heteroatoms. The Kier molecular flexibility index (Phi) is 5.42. The predicted molar refractivity (Wildman–Crippen MR) is 108 cm³/mol. The molecule has 0 saturated carbocycles. The molecule has 1 saturated heterocycles. The zero-order valence-electron chi connectivity index (χ0n) is 17.5. The third-order valence-electron chi connectivity index (χ3n) is 5.67. The van der Waals surface area contributed by atoms with E-state index in [1.807, 2.05) is 25.7 Å². The summed E-state index contributed by atoms with van der Waals surface area (Å²) in [5.41, 5.74) is 2.70. The number of fused-ring (bicyclic) bond motifs is 2. The Balaban J connectivity index is 1.56. The van der Waals surface area contributed by atoms with Gasteiger partial charge in [0.2, 0.25) is 0 Å². The van der Waals surface area contributed by atoms with E-state index in [9.17, 15) is 9.59 Å². The Hall–Kier alpha value is -2.28. The highest BCUT2D eigenvalue weighted by Crippen LogP contribution is 2.38. The minimum Gasteiger partial charge on any atom is -0.482 e. The maximum absolute atomic E-state index is 12.7. The second-order valence-electron chi connectivity index (χ2n) is 8.95. The van der Waals surface area contributed by atoms with Crippen molar-refractivity contribution in [1.82, 2.24) is 4.90 Å². The fourth-order valence-electron chi connectivity index (χ4n) is 4.24. The second-order valence-corrected chi connectivity index (χ2v) is 8.95. The lowest BCUT2D eigenvalue weighted by atomic mass is 9.98. The second kappa shape index (κ2) is 7.86. The van der Waals surface area contributed by atoms with E-state index in [2.05, 4.69) is 12.1 Å². The minimum absolute atomic E-state index is 0.00773. The molecule has 0 bridgehead atoms. The molecule has 1 aromatic rings. The van der Waals surface area contributed by atoms with E-state index in [4.69, 9.17) is 14.2 Å². The van der Waals surface area contributed by atoms with Gasteiger partial charge in [-0.1, -0.05) is 0 Å². The summed E-state index contributed by atoms with van der Waals surface area (Å²) in [5.74, 6) is 0.772. The maximum atomic E-state index is 12.7. The summed E-state index contributed by atoms with van der Waals surface area (Å²) >= 11 is 0. The third-order valence-corrected chi connectivity index (χ3v) is 5.67. The molecule has 7 nitrogen and oxygen atoms in total. The average Bonchev–Trinajstić information content (AvgIpc) is 2.88. The van der Waals surface area contributed by atoms with Crippen molar-refractivity contribution in [1.29, 1.82) is 0 Å². The van der Waals surface area contributed by atoms with Crippen molar-refractivity contribution >= 4 is 17.7 Å². The van der Waals surface area contributed by atoms with Gasteiger partial charge in [-0.05, 0) is 69.7 Å². The van der Waals surface area contributed by atoms with Crippen molar-refractivity contribution in [2.45, 2.75) is 58.1 Å². The van der Waals surface area contributed by atoms with Crippen LogP contribution in [0.1, 0.15) is 44.7 Å². The van der Waals surface area contributed by atoms with Gasteiger partial charge in [0.05, 0.1) is 5.69 Å². The standard InChI is InChI=1S/C22H30N2O5/c1-22(2,3)29-21(26)23-8-4-15-12-18-19(13-16(15)5-9-23)28-14-20(25)24(18)17-6-10-27-11-7-17/h12-13,17H,4-11,14H2,1-3H3. The lowest BCUT2D eigenvalue weighted by molar-refractivity contribution is -0.122. The van der Waals surface area contributed by atoms with Gasteiger partial charge in [0.15, 0.2) is 6.61 Å². The zero-order valence-corrected chi connectivity index (χ0v) is 17.5. The van der Waals surface area contributed by atoms with E-state index < -0.39 is 5.60 Å². The first-order valence-electron chi connectivity index (χ1n) is 10.5. The fraction of sp³-hybridized carbons (Fsp3) is 0.636. The van der Waals surface area contributed by atoms with Crippen molar-refractivity contribution in [2.24, 2.45) is 0 Å². The Morgan fingerprint density at radius 1 is 1.10 bits per heavy atom. The molecule has 0 aliphatic carbocycles. The van der Waals surface area contributed by atoms with Crippen LogP contribution < -0.4 is 9.64 Å². The van der Waals surface area contributed by atoms with Gasteiger partial charge in [-0.15, -0.1) is 0 Å². The number of ether oxygens (including phenoxy) is 3. The van der Waals surface area contributed by atoms with Gasteiger partial charge >= 0.3 is 6.09 Å². The molecular weight excluding hydrogens is 372 g/mol. The van der Waals surface area contributed by atoms with Crippen molar-refractivity contribution in [3.8, 4) is 5.75 Å². The number of anilines is 1. The summed E-state index contributed by atoms with van der Waals surface area (Å²) in [5, 5.41) is 0. The summed E-state index contributed by atoms with van der Waals surface area (Å²) < 4.78 is 16.8. The predicted octanol–water partition coefficient (Wildman–Crippen LogP) is 2.93. The fourth-order valence-corrected chi connectivity index (χ4v) is 4.24. The normalized spacial score (nSPS) is 20.4. The van der Waals surface area contributed by atoms with Crippen LogP contribution in [0.15, 0.2) is 12.1 Å². The smallest absolute Gasteiger partial charge is 0.410 e. The first-order valence-corrected chi connectivity index (χ1v) is 10.5. The Morgan fingerprint density at radius 2 is 1.76 bits per heavy atom. The van der Waals surface area contributed by atoms with Crippen LogP contribution in [-0.2, 0) is 27.1 Å². The molecule has 0 atom stereocenters. The molecule has 3 heterocycles. The first kappa shape index (κ1) is 20.0. The van der Waals surface area contributed by atoms with Gasteiger partial charge < -0.3 is 24.0 Å². The first-order chi connectivity index (χ1) is 13.8. The van der Waals surface area contributed by atoms with Crippen molar-refractivity contribution in [3.05, 3.63) is 23.3 Å². The molecule has 158 valence electrons. The Labute approximate surface area is 171 Å². The van der Waals surface area contributed by atoms with E-state index in [0.717, 1.165) is 37.1 Å². The number of nitrogens with zero attached hydrogens (tertiary/aromatic N) is 2. The van der Waals surface area contributed by atoms with E-state index in [0.29, 0.717) is 26.3 Å². The zero-order chi connectivity index (χ0) is 20.6. The molecule has 3 aliphatic rings. The van der Waals surface area contributed by atoms with Crippen LogP contribution in [0, 0.1) is 0 Å². The number of carbonyl (C=O) groups excluding carboxylic acids is 2. The van der Waals surface area contributed by atoms with Gasteiger partial charge in [0.25, 0.3) is 5.91 Å². The molecule has 2 amide bonds. The Bertz CT molecular complexity index is 795. The quantitative estimate of drug-likeness (QED) is 0.723. The highest BCUT2D eigenvalue weighted by atomic mass is 16.6. The van der Waals surface area contributed by atoms with Crippen LogP contribution in [0.4, 0.5) is 10.5 Å². The molecular formula is C22H30N2O5. The topological polar surface area (TPSA) is 68.3 Å². The van der Waals surface area contributed by atoms with E-state index in [1.54, 1.807) is 4.90 Å². The van der Waals surface area contributed by atoms with Crippen molar-refractivity contribution < 1.29 is 23.8 Å². The van der Waals surface area contributed by atoms with E-state index in [-0.39, 0.29) is 24.6 Å². The molecule has 4 rings (SSSR count). The minimum atomic E-state index is -0.506.